The quantitative estimate of drug-likeness (QED) is 0.647. The summed E-state index contributed by atoms with van der Waals surface area (Å²) < 4.78 is 0. The molecule has 1 heterocycles. The molecule has 0 fully saturated rings. The van der Waals surface area contributed by atoms with Crippen molar-refractivity contribution >= 4 is 33.4 Å². The maximum absolute atomic E-state index is 9.97. The number of aromatic amines is 1. The maximum Gasteiger partial charge on any atom is 0.158 e. The molecule has 0 spiro atoms. The Kier molecular flexibility index (Phi) is 2.49. The number of hydrogen-bond acceptors (Lipinski definition) is 1. The van der Waals surface area contributed by atoms with Gasteiger partial charge in [-0.05, 0) is 29.7 Å². The highest BCUT2D eigenvalue weighted by Crippen LogP contribution is 2.36. The molecule has 0 aliphatic heterocycles. The van der Waals surface area contributed by atoms with Crippen LogP contribution in [0.25, 0.3) is 21.8 Å². The Hall–Kier alpha value is -1.67. The van der Waals surface area contributed by atoms with Gasteiger partial charge < -0.3 is 10.1 Å². The molecule has 2 N–H and O–H groups in total. The molecule has 0 bridgehead atoms. The van der Waals surface area contributed by atoms with Crippen molar-refractivity contribution < 1.29 is 5.11 Å². The van der Waals surface area contributed by atoms with Crippen molar-refractivity contribution in [2.75, 3.05) is 0 Å². The number of benzene rings is 2. The van der Waals surface area contributed by atoms with Gasteiger partial charge >= 0.3 is 0 Å². The fraction of sp³-hybridized carbons (Fsp3) is 0.200. The first-order chi connectivity index (χ1) is 8.58. The van der Waals surface area contributed by atoms with E-state index in [9.17, 15) is 5.11 Å². The zero-order valence-electron chi connectivity index (χ0n) is 10.3. The first-order valence-corrected chi connectivity index (χ1v) is 6.38. The predicted octanol–water partition coefficient (Wildman–Crippen LogP) is 4.80. The minimum Gasteiger partial charge on any atom is -0.504 e. The Labute approximate surface area is 110 Å². The van der Waals surface area contributed by atoms with E-state index in [2.05, 4.69) is 37.0 Å². The van der Waals surface area contributed by atoms with E-state index in [1.165, 1.54) is 5.56 Å². The first kappa shape index (κ1) is 11.4. The number of fused-ring (bicyclic) bond motifs is 3. The predicted molar refractivity (Wildman–Crippen MR) is 76.6 cm³/mol. The fourth-order valence-electron chi connectivity index (χ4n) is 2.30. The largest absolute Gasteiger partial charge is 0.504 e. The van der Waals surface area contributed by atoms with Crippen molar-refractivity contribution in [2.24, 2.45) is 0 Å². The minimum absolute atomic E-state index is 0.122. The number of phenolic OH excluding ortho intramolecular Hbond substituents is 1. The third-order valence-electron chi connectivity index (χ3n) is 3.39. The maximum atomic E-state index is 9.97. The van der Waals surface area contributed by atoms with E-state index >= 15 is 0 Å². The van der Waals surface area contributed by atoms with Gasteiger partial charge in [0.15, 0.2) is 5.75 Å². The van der Waals surface area contributed by atoms with Crippen LogP contribution in [0.3, 0.4) is 0 Å². The van der Waals surface area contributed by atoms with E-state index < -0.39 is 0 Å². The Morgan fingerprint density at radius 3 is 2.61 bits per heavy atom. The van der Waals surface area contributed by atoms with Gasteiger partial charge in [0.25, 0.3) is 0 Å². The van der Waals surface area contributed by atoms with Crippen LogP contribution >= 0.6 is 11.6 Å². The van der Waals surface area contributed by atoms with Gasteiger partial charge in [0.1, 0.15) is 0 Å². The van der Waals surface area contributed by atoms with Crippen molar-refractivity contribution in [3.05, 3.63) is 40.9 Å². The summed E-state index contributed by atoms with van der Waals surface area (Å²) in [6.07, 6.45) is 0. The van der Waals surface area contributed by atoms with Crippen LogP contribution in [-0.4, -0.2) is 10.1 Å². The SMILES string of the molecule is CC(C)c1ccc2[nH]c3c(O)c(Cl)ccc3c2c1. The van der Waals surface area contributed by atoms with E-state index in [4.69, 9.17) is 11.6 Å². The summed E-state index contributed by atoms with van der Waals surface area (Å²) in [5, 5.41) is 12.5. The highest BCUT2D eigenvalue weighted by atomic mass is 35.5. The number of halogens is 1. The Morgan fingerprint density at radius 2 is 1.89 bits per heavy atom. The van der Waals surface area contributed by atoms with Crippen LogP contribution in [-0.2, 0) is 0 Å². The van der Waals surface area contributed by atoms with Crippen LogP contribution in [0.4, 0.5) is 0 Å². The summed E-state index contributed by atoms with van der Waals surface area (Å²) >= 11 is 5.93. The third kappa shape index (κ3) is 1.57. The van der Waals surface area contributed by atoms with Gasteiger partial charge in [-0.2, -0.15) is 0 Å². The summed E-state index contributed by atoms with van der Waals surface area (Å²) in [5.41, 5.74) is 3.02. The van der Waals surface area contributed by atoms with Gasteiger partial charge in [0, 0.05) is 16.3 Å². The van der Waals surface area contributed by atoms with Crippen LogP contribution in [0.1, 0.15) is 25.3 Å². The van der Waals surface area contributed by atoms with Gasteiger partial charge in [-0.3, -0.25) is 0 Å². The first-order valence-electron chi connectivity index (χ1n) is 6.00. The van der Waals surface area contributed by atoms with Crippen molar-refractivity contribution in [1.82, 2.24) is 4.98 Å². The van der Waals surface area contributed by atoms with Crippen LogP contribution in [0.15, 0.2) is 30.3 Å². The van der Waals surface area contributed by atoms with E-state index in [1.807, 2.05) is 6.07 Å². The normalized spacial score (nSPS) is 11.8. The third-order valence-corrected chi connectivity index (χ3v) is 3.69. The number of aromatic nitrogens is 1. The zero-order valence-corrected chi connectivity index (χ0v) is 11.0. The zero-order chi connectivity index (χ0) is 12.9. The number of nitrogens with one attached hydrogen (secondary N) is 1. The molecular formula is C15H14ClNO. The molecule has 0 saturated heterocycles. The van der Waals surface area contributed by atoms with Crippen molar-refractivity contribution in [1.29, 1.82) is 0 Å². The van der Waals surface area contributed by atoms with Gasteiger partial charge in [0.2, 0.25) is 0 Å². The van der Waals surface area contributed by atoms with Crippen LogP contribution in [0, 0.1) is 0 Å². The molecule has 0 amide bonds. The van der Waals surface area contributed by atoms with Crippen LogP contribution < -0.4 is 0 Å². The molecule has 2 nitrogen and oxygen atoms in total. The van der Waals surface area contributed by atoms with Gasteiger partial charge in [-0.1, -0.05) is 37.6 Å². The number of rotatable bonds is 1. The van der Waals surface area contributed by atoms with Gasteiger partial charge in [-0.25, -0.2) is 0 Å². The average molecular weight is 260 g/mol. The van der Waals surface area contributed by atoms with E-state index in [0.29, 0.717) is 16.5 Å². The summed E-state index contributed by atoms with van der Waals surface area (Å²) in [6, 6.07) is 10.0. The van der Waals surface area contributed by atoms with Crippen molar-refractivity contribution in [2.45, 2.75) is 19.8 Å². The molecule has 18 heavy (non-hydrogen) atoms. The van der Waals surface area contributed by atoms with Crippen molar-refractivity contribution in [3.8, 4) is 5.75 Å². The minimum atomic E-state index is 0.122. The Morgan fingerprint density at radius 1 is 1.11 bits per heavy atom. The molecule has 0 radical (unpaired) electrons. The number of H-pyrrole nitrogens is 1. The topological polar surface area (TPSA) is 36.0 Å². The van der Waals surface area contributed by atoms with E-state index in [0.717, 1.165) is 16.3 Å². The molecule has 3 rings (SSSR count). The lowest BCUT2D eigenvalue weighted by molar-refractivity contribution is 0.481. The molecule has 0 unspecified atom stereocenters. The number of hydrogen-bond donors (Lipinski definition) is 2. The summed E-state index contributed by atoms with van der Waals surface area (Å²) in [5.74, 6) is 0.608. The van der Waals surface area contributed by atoms with Crippen LogP contribution in [0.5, 0.6) is 5.75 Å². The smallest absolute Gasteiger partial charge is 0.158 e. The molecule has 0 atom stereocenters. The average Bonchev–Trinajstić information content (AvgIpc) is 2.72. The molecule has 1 aromatic heterocycles. The molecule has 0 saturated carbocycles. The second-order valence-corrected chi connectivity index (χ2v) is 5.31. The molecule has 2 aromatic carbocycles. The lowest BCUT2D eigenvalue weighted by Gasteiger charge is -2.04. The number of phenols is 1. The van der Waals surface area contributed by atoms with E-state index in [-0.39, 0.29) is 5.75 Å². The van der Waals surface area contributed by atoms with Crippen LogP contribution in [0.2, 0.25) is 5.02 Å². The second kappa shape index (κ2) is 3.92. The molecule has 3 heteroatoms. The molecular weight excluding hydrogens is 246 g/mol. The lowest BCUT2D eigenvalue weighted by atomic mass is 10.0. The highest BCUT2D eigenvalue weighted by Gasteiger charge is 2.11. The monoisotopic (exact) mass is 259 g/mol. The molecule has 0 aliphatic carbocycles. The summed E-state index contributed by atoms with van der Waals surface area (Å²) in [6.45, 7) is 4.34. The fourth-order valence-corrected chi connectivity index (χ4v) is 2.46. The molecule has 92 valence electrons. The summed E-state index contributed by atoms with van der Waals surface area (Å²) in [7, 11) is 0. The Bertz CT molecular complexity index is 743. The number of aromatic hydroxyl groups is 1. The summed E-state index contributed by atoms with van der Waals surface area (Å²) in [4.78, 5) is 3.22. The van der Waals surface area contributed by atoms with Gasteiger partial charge in [-0.15, -0.1) is 0 Å². The molecule has 0 aliphatic rings. The second-order valence-electron chi connectivity index (χ2n) is 4.90. The van der Waals surface area contributed by atoms with Gasteiger partial charge in [0.05, 0.1) is 10.5 Å². The standard InChI is InChI=1S/C15H14ClNO/c1-8(2)9-3-6-13-11(7-9)10-4-5-12(16)15(18)14(10)17-13/h3-8,17-18H,1-2H3. The van der Waals surface area contributed by atoms with Crippen molar-refractivity contribution in [3.63, 3.8) is 0 Å². The molecule has 3 aromatic rings. The lowest BCUT2D eigenvalue weighted by Crippen LogP contribution is -1.85. The Balaban J connectivity index is 2.42. The highest BCUT2D eigenvalue weighted by molar-refractivity contribution is 6.33. The van der Waals surface area contributed by atoms with E-state index in [1.54, 1.807) is 6.07 Å².